The number of hydrogen-bond donors (Lipinski definition) is 2. The van der Waals surface area contributed by atoms with E-state index >= 15 is 0 Å². The standard InChI is InChI=1S/C7H9N3O2/c1-12-7(11)5-2-6(10-8)4-9-3-5/h2-4,10H,8H2,1H3. The molecule has 0 aromatic carbocycles. The molecule has 0 aliphatic heterocycles. The van der Waals surface area contributed by atoms with E-state index in [9.17, 15) is 4.79 Å². The largest absolute Gasteiger partial charge is 0.465 e. The van der Waals surface area contributed by atoms with Crippen LogP contribution in [0.4, 0.5) is 5.69 Å². The maximum Gasteiger partial charge on any atom is 0.339 e. The summed E-state index contributed by atoms with van der Waals surface area (Å²) in [5, 5.41) is 0. The molecule has 64 valence electrons. The van der Waals surface area contributed by atoms with Crippen molar-refractivity contribution in [2.24, 2.45) is 5.84 Å². The number of carbonyl (C=O) groups excluding carboxylic acids is 1. The number of anilines is 1. The molecule has 0 radical (unpaired) electrons. The van der Waals surface area contributed by atoms with Crippen LogP contribution in [0, 0.1) is 0 Å². The van der Waals surface area contributed by atoms with E-state index in [1.807, 2.05) is 0 Å². The zero-order valence-corrected chi connectivity index (χ0v) is 6.57. The first kappa shape index (κ1) is 8.48. The third-order valence-corrected chi connectivity index (χ3v) is 1.33. The molecule has 0 saturated heterocycles. The molecule has 0 aliphatic rings. The van der Waals surface area contributed by atoms with E-state index in [1.165, 1.54) is 19.5 Å². The van der Waals surface area contributed by atoms with Crippen molar-refractivity contribution in [3.05, 3.63) is 24.0 Å². The first-order valence-electron chi connectivity index (χ1n) is 3.28. The highest BCUT2D eigenvalue weighted by atomic mass is 16.5. The van der Waals surface area contributed by atoms with Crippen molar-refractivity contribution in [3.8, 4) is 0 Å². The number of nitrogens with two attached hydrogens (primary N) is 1. The van der Waals surface area contributed by atoms with E-state index in [-0.39, 0.29) is 0 Å². The average molecular weight is 167 g/mol. The van der Waals surface area contributed by atoms with Gasteiger partial charge in [-0.3, -0.25) is 10.8 Å². The number of hydrogen-bond acceptors (Lipinski definition) is 5. The van der Waals surface area contributed by atoms with Crippen LogP contribution < -0.4 is 11.3 Å². The van der Waals surface area contributed by atoms with E-state index in [1.54, 1.807) is 6.07 Å². The molecule has 0 bridgehead atoms. The van der Waals surface area contributed by atoms with Gasteiger partial charge in [0.15, 0.2) is 0 Å². The number of methoxy groups -OCH3 is 1. The van der Waals surface area contributed by atoms with Gasteiger partial charge in [0.1, 0.15) is 0 Å². The normalized spacial score (nSPS) is 9.17. The number of carbonyl (C=O) groups is 1. The molecule has 5 heteroatoms. The van der Waals surface area contributed by atoms with E-state index < -0.39 is 5.97 Å². The Kier molecular flexibility index (Phi) is 2.60. The Bertz CT molecular complexity index is 288. The summed E-state index contributed by atoms with van der Waals surface area (Å²) < 4.78 is 4.49. The number of esters is 1. The van der Waals surface area contributed by atoms with Crippen LogP contribution in [0.1, 0.15) is 10.4 Å². The molecule has 1 heterocycles. The average Bonchev–Trinajstić information content (AvgIpc) is 2.17. The third kappa shape index (κ3) is 1.70. The number of ether oxygens (including phenoxy) is 1. The highest BCUT2D eigenvalue weighted by Crippen LogP contribution is 2.06. The van der Waals surface area contributed by atoms with Gasteiger partial charge in [0.2, 0.25) is 0 Å². The van der Waals surface area contributed by atoms with Gasteiger partial charge in [-0.15, -0.1) is 0 Å². The van der Waals surface area contributed by atoms with Crippen LogP contribution in [-0.2, 0) is 4.74 Å². The molecule has 0 spiro atoms. The van der Waals surface area contributed by atoms with Crippen LogP contribution >= 0.6 is 0 Å². The van der Waals surface area contributed by atoms with Crippen LogP contribution in [0.25, 0.3) is 0 Å². The highest BCUT2D eigenvalue weighted by molar-refractivity contribution is 5.89. The zero-order chi connectivity index (χ0) is 8.97. The van der Waals surface area contributed by atoms with Gasteiger partial charge in [0, 0.05) is 6.20 Å². The Morgan fingerprint density at radius 3 is 3.00 bits per heavy atom. The van der Waals surface area contributed by atoms with Gasteiger partial charge in [-0.1, -0.05) is 0 Å². The van der Waals surface area contributed by atoms with Crippen molar-refractivity contribution in [1.82, 2.24) is 4.98 Å². The van der Waals surface area contributed by atoms with Gasteiger partial charge < -0.3 is 10.2 Å². The molecule has 5 nitrogen and oxygen atoms in total. The summed E-state index contributed by atoms with van der Waals surface area (Å²) in [5.74, 6) is 4.69. The molecule has 12 heavy (non-hydrogen) atoms. The SMILES string of the molecule is COC(=O)c1cncc(NN)c1. The van der Waals surface area contributed by atoms with Gasteiger partial charge in [-0.2, -0.15) is 0 Å². The Balaban J connectivity index is 2.93. The van der Waals surface area contributed by atoms with Crippen molar-refractivity contribution in [2.75, 3.05) is 12.5 Å². The molecule has 1 aromatic rings. The molecule has 0 saturated carbocycles. The second-order valence-corrected chi connectivity index (χ2v) is 2.10. The summed E-state index contributed by atoms with van der Waals surface area (Å²) in [6.07, 6.45) is 2.92. The minimum absolute atomic E-state index is 0.368. The predicted octanol–water partition coefficient (Wildman–Crippen LogP) is 0.154. The lowest BCUT2D eigenvalue weighted by Gasteiger charge is -2.01. The van der Waals surface area contributed by atoms with E-state index in [4.69, 9.17) is 5.84 Å². The highest BCUT2D eigenvalue weighted by Gasteiger charge is 2.05. The lowest BCUT2D eigenvalue weighted by molar-refractivity contribution is 0.0600. The second kappa shape index (κ2) is 3.68. The predicted molar refractivity (Wildman–Crippen MR) is 43.4 cm³/mol. The summed E-state index contributed by atoms with van der Waals surface area (Å²) in [6.45, 7) is 0. The lowest BCUT2D eigenvalue weighted by atomic mass is 10.3. The van der Waals surface area contributed by atoms with Gasteiger partial charge >= 0.3 is 5.97 Å². The summed E-state index contributed by atoms with van der Waals surface area (Å²) >= 11 is 0. The summed E-state index contributed by atoms with van der Waals surface area (Å²) in [6, 6.07) is 1.55. The van der Waals surface area contributed by atoms with Gasteiger partial charge in [0.25, 0.3) is 0 Å². The molecule has 0 unspecified atom stereocenters. The van der Waals surface area contributed by atoms with Crippen LogP contribution in [0.15, 0.2) is 18.5 Å². The number of nitrogens with one attached hydrogen (secondary N) is 1. The van der Waals surface area contributed by atoms with Crippen LogP contribution in [0.3, 0.4) is 0 Å². The third-order valence-electron chi connectivity index (χ3n) is 1.33. The van der Waals surface area contributed by atoms with Crippen LogP contribution in [-0.4, -0.2) is 18.1 Å². The molecule has 1 rings (SSSR count). The molecule has 0 aliphatic carbocycles. The zero-order valence-electron chi connectivity index (χ0n) is 6.57. The monoisotopic (exact) mass is 167 g/mol. The second-order valence-electron chi connectivity index (χ2n) is 2.10. The molecule has 3 N–H and O–H groups in total. The van der Waals surface area contributed by atoms with E-state index in [0.717, 1.165) is 0 Å². The van der Waals surface area contributed by atoms with Gasteiger partial charge in [0.05, 0.1) is 24.6 Å². The minimum Gasteiger partial charge on any atom is -0.465 e. The fraction of sp³-hybridized carbons (Fsp3) is 0.143. The quantitative estimate of drug-likeness (QED) is 0.372. The molecule has 0 fully saturated rings. The van der Waals surface area contributed by atoms with Crippen molar-refractivity contribution < 1.29 is 9.53 Å². The Labute approximate surface area is 69.5 Å². The summed E-state index contributed by atoms with van der Waals surface area (Å²) in [5.41, 5.74) is 3.31. The maximum atomic E-state index is 11.0. The van der Waals surface area contributed by atoms with Gasteiger partial charge in [-0.05, 0) is 6.07 Å². The molecular formula is C7H9N3O2. The number of nitrogens with zero attached hydrogens (tertiary/aromatic N) is 1. The van der Waals surface area contributed by atoms with Crippen LogP contribution in [0.5, 0.6) is 0 Å². The first-order valence-corrected chi connectivity index (χ1v) is 3.28. The number of rotatable bonds is 2. The number of hydrazine groups is 1. The fourth-order valence-corrected chi connectivity index (χ4v) is 0.748. The number of nitrogen functional groups attached to an aromatic ring is 1. The number of aromatic nitrogens is 1. The molecule has 1 aromatic heterocycles. The molecule has 0 amide bonds. The van der Waals surface area contributed by atoms with Crippen molar-refractivity contribution in [2.45, 2.75) is 0 Å². The van der Waals surface area contributed by atoms with Crippen LogP contribution in [0.2, 0.25) is 0 Å². The minimum atomic E-state index is -0.431. The van der Waals surface area contributed by atoms with E-state index in [2.05, 4.69) is 15.1 Å². The fourth-order valence-electron chi connectivity index (χ4n) is 0.748. The van der Waals surface area contributed by atoms with Gasteiger partial charge in [-0.25, -0.2) is 4.79 Å². The number of pyridine rings is 1. The Hall–Kier alpha value is -1.62. The summed E-state index contributed by atoms with van der Waals surface area (Å²) in [7, 11) is 1.31. The van der Waals surface area contributed by atoms with Crippen molar-refractivity contribution >= 4 is 11.7 Å². The Morgan fingerprint density at radius 2 is 2.42 bits per heavy atom. The van der Waals surface area contributed by atoms with E-state index in [0.29, 0.717) is 11.3 Å². The summed E-state index contributed by atoms with van der Waals surface area (Å²) in [4.78, 5) is 14.7. The smallest absolute Gasteiger partial charge is 0.339 e. The Morgan fingerprint density at radius 1 is 1.67 bits per heavy atom. The topological polar surface area (TPSA) is 77.2 Å². The molecule has 0 atom stereocenters. The first-order chi connectivity index (χ1) is 5.77. The van der Waals surface area contributed by atoms with Crippen molar-refractivity contribution in [1.29, 1.82) is 0 Å². The lowest BCUT2D eigenvalue weighted by Crippen LogP contribution is -2.09. The van der Waals surface area contributed by atoms with Crippen molar-refractivity contribution in [3.63, 3.8) is 0 Å². The maximum absolute atomic E-state index is 11.0. The molecular weight excluding hydrogens is 158 g/mol.